The lowest BCUT2D eigenvalue weighted by molar-refractivity contribution is -0.170. The highest BCUT2D eigenvalue weighted by molar-refractivity contribution is 7.88. The number of sulfonamides is 1. The van der Waals surface area contributed by atoms with Gasteiger partial charge in [0.2, 0.25) is 10.0 Å². The number of carbonyl (C=O) groups is 1. The predicted octanol–water partition coefficient (Wildman–Crippen LogP) is 2.35. The molecule has 188 valence electrons. The zero-order valence-electron chi connectivity index (χ0n) is 20.8. The van der Waals surface area contributed by atoms with Crippen molar-refractivity contribution in [1.82, 2.24) is 14.4 Å². The van der Waals surface area contributed by atoms with Gasteiger partial charge in [-0.2, -0.15) is 0 Å². The van der Waals surface area contributed by atoms with Crippen LogP contribution >= 0.6 is 0 Å². The van der Waals surface area contributed by atoms with E-state index in [1.807, 2.05) is 45.7 Å². The molecule has 0 spiro atoms. The first-order valence-electron chi connectivity index (χ1n) is 11.7. The van der Waals surface area contributed by atoms with E-state index in [4.69, 9.17) is 14.0 Å². The van der Waals surface area contributed by atoms with Crippen LogP contribution in [-0.4, -0.2) is 86.0 Å². The predicted molar refractivity (Wildman–Crippen MR) is 124 cm³/mol. The Labute approximate surface area is 197 Å². The van der Waals surface area contributed by atoms with Gasteiger partial charge in [-0.25, -0.2) is 12.7 Å². The molecule has 0 aliphatic carbocycles. The highest BCUT2D eigenvalue weighted by Crippen LogP contribution is 2.28. The van der Waals surface area contributed by atoms with Crippen LogP contribution in [0, 0.1) is 0 Å². The number of likely N-dealkylation sites (N-methyl/N-ethyl adjacent to an activating group) is 1. The maximum absolute atomic E-state index is 13.2. The molecule has 0 N–H and O–H groups in total. The van der Waals surface area contributed by atoms with Crippen molar-refractivity contribution < 1.29 is 27.2 Å². The van der Waals surface area contributed by atoms with Gasteiger partial charge in [-0.05, 0) is 46.6 Å². The van der Waals surface area contributed by atoms with E-state index >= 15 is 0 Å². The van der Waals surface area contributed by atoms with Crippen molar-refractivity contribution in [2.45, 2.75) is 83.1 Å². The highest BCUT2D eigenvalue weighted by Gasteiger charge is 2.40. The number of Topliss-reactive ketones (excluding diaryl/α,β-unsaturated/α-hetero) is 1. The number of rotatable bonds is 10. The lowest BCUT2D eigenvalue weighted by Gasteiger charge is -2.38. The Hall–Kier alpha value is -1.33. The molecule has 1 aromatic heterocycles. The van der Waals surface area contributed by atoms with Crippen molar-refractivity contribution in [2.75, 3.05) is 39.6 Å². The van der Waals surface area contributed by atoms with E-state index in [9.17, 15) is 13.2 Å². The first-order chi connectivity index (χ1) is 15.3. The van der Waals surface area contributed by atoms with Crippen LogP contribution in [0.5, 0.6) is 0 Å². The standard InChI is InChI=1S/C23H39N3O6S/c1-22(2,16-31-21-9-7-8-12-30-21)19-13-18(32-24-19)14-20(27)23(3,4)25(5)17-10-11-26(15-17)33(6,28)29/h13,17,21H,7-12,14-16H2,1-6H3/t17-,21?/m0/s1. The second kappa shape index (κ2) is 10.1. The third kappa shape index (κ3) is 6.42. The van der Waals surface area contributed by atoms with Crippen LogP contribution in [0.3, 0.4) is 0 Å². The minimum Gasteiger partial charge on any atom is -0.361 e. The van der Waals surface area contributed by atoms with Crippen molar-refractivity contribution in [3.05, 3.63) is 17.5 Å². The third-order valence-corrected chi connectivity index (χ3v) is 8.33. The Morgan fingerprint density at radius 1 is 1.27 bits per heavy atom. The van der Waals surface area contributed by atoms with E-state index < -0.39 is 15.6 Å². The average molecular weight is 486 g/mol. The zero-order chi connectivity index (χ0) is 24.4. The molecule has 0 bridgehead atoms. The number of ketones is 1. The maximum Gasteiger partial charge on any atom is 0.211 e. The lowest BCUT2D eigenvalue weighted by atomic mass is 9.89. The molecule has 0 radical (unpaired) electrons. The quantitative estimate of drug-likeness (QED) is 0.498. The average Bonchev–Trinajstić information content (AvgIpc) is 3.42. The summed E-state index contributed by atoms with van der Waals surface area (Å²) >= 11 is 0. The molecule has 1 unspecified atom stereocenters. The molecule has 9 nitrogen and oxygen atoms in total. The van der Waals surface area contributed by atoms with E-state index in [1.54, 1.807) is 0 Å². The van der Waals surface area contributed by atoms with Gasteiger partial charge in [0, 0.05) is 37.2 Å². The van der Waals surface area contributed by atoms with Crippen LogP contribution in [0.25, 0.3) is 0 Å². The minimum atomic E-state index is -3.23. The molecule has 2 atom stereocenters. The number of ether oxygens (including phenoxy) is 2. The first-order valence-corrected chi connectivity index (χ1v) is 13.6. The van der Waals surface area contributed by atoms with Crippen LogP contribution in [0.4, 0.5) is 0 Å². The summed E-state index contributed by atoms with van der Waals surface area (Å²) in [7, 11) is -1.34. The number of hydrogen-bond acceptors (Lipinski definition) is 8. The van der Waals surface area contributed by atoms with E-state index in [2.05, 4.69) is 5.16 Å². The molecule has 2 aliphatic heterocycles. The lowest BCUT2D eigenvalue weighted by Crippen LogP contribution is -2.54. The Kier molecular flexibility index (Phi) is 8.05. The summed E-state index contributed by atoms with van der Waals surface area (Å²) in [5.41, 5.74) is -0.411. The molecule has 2 aliphatic rings. The summed E-state index contributed by atoms with van der Waals surface area (Å²) in [5.74, 6) is 0.512. The molecule has 2 fully saturated rings. The fourth-order valence-corrected chi connectivity index (χ4v) is 5.17. The molecule has 1 aromatic rings. The fraction of sp³-hybridized carbons (Fsp3) is 0.826. The van der Waals surface area contributed by atoms with Gasteiger partial charge in [0.25, 0.3) is 0 Å². The van der Waals surface area contributed by atoms with E-state index in [-0.39, 0.29) is 30.0 Å². The topological polar surface area (TPSA) is 102 Å². The molecule has 3 rings (SSSR count). The van der Waals surface area contributed by atoms with Crippen molar-refractivity contribution in [3.63, 3.8) is 0 Å². The third-order valence-electron chi connectivity index (χ3n) is 7.06. The molecule has 0 aromatic carbocycles. The Morgan fingerprint density at radius 3 is 2.61 bits per heavy atom. The minimum absolute atomic E-state index is 0.00447. The van der Waals surface area contributed by atoms with Crippen molar-refractivity contribution in [2.24, 2.45) is 0 Å². The van der Waals surface area contributed by atoms with Crippen LogP contribution in [-0.2, 0) is 36.1 Å². The summed E-state index contributed by atoms with van der Waals surface area (Å²) in [6.45, 7) is 9.87. The molecule has 10 heteroatoms. The molecular formula is C23H39N3O6S. The molecule has 0 saturated carbocycles. The van der Waals surface area contributed by atoms with E-state index in [1.165, 1.54) is 10.6 Å². The summed E-state index contributed by atoms with van der Waals surface area (Å²) in [6, 6.07) is 1.82. The summed E-state index contributed by atoms with van der Waals surface area (Å²) in [5, 5.41) is 4.21. The second-order valence-corrected chi connectivity index (χ2v) is 12.5. The molecule has 3 heterocycles. The largest absolute Gasteiger partial charge is 0.361 e. The SMILES string of the molecule is CN([C@H]1CCN(S(C)(=O)=O)C1)C(C)(C)C(=O)Cc1cc(C(C)(C)COC2CCCCO2)no1. The normalized spacial score (nSPS) is 23.4. The van der Waals surface area contributed by atoms with Crippen molar-refractivity contribution >= 4 is 15.8 Å². The Bertz CT molecular complexity index is 920. The number of nitrogens with zero attached hydrogens (tertiary/aromatic N) is 3. The highest BCUT2D eigenvalue weighted by atomic mass is 32.2. The first kappa shape index (κ1) is 26.3. The molecular weight excluding hydrogens is 446 g/mol. The number of carbonyl (C=O) groups excluding carboxylic acids is 1. The summed E-state index contributed by atoms with van der Waals surface area (Å²) in [4.78, 5) is 15.2. The second-order valence-electron chi connectivity index (χ2n) is 10.5. The maximum atomic E-state index is 13.2. The summed E-state index contributed by atoms with van der Waals surface area (Å²) < 4.78 is 42.3. The van der Waals surface area contributed by atoms with Gasteiger partial charge in [0.1, 0.15) is 5.76 Å². The van der Waals surface area contributed by atoms with Gasteiger partial charge >= 0.3 is 0 Å². The smallest absolute Gasteiger partial charge is 0.211 e. The zero-order valence-corrected chi connectivity index (χ0v) is 21.6. The Morgan fingerprint density at radius 2 is 2.00 bits per heavy atom. The van der Waals surface area contributed by atoms with Crippen LogP contribution < -0.4 is 0 Å². The van der Waals surface area contributed by atoms with Crippen molar-refractivity contribution in [1.29, 1.82) is 0 Å². The number of aromatic nitrogens is 1. The monoisotopic (exact) mass is 485 g/mol. The van der Waals surface area contributed by atoms with Crippen LogP contribution in [0.2, 0.25) is 0 Å². The van der Waals surface area contributed by atoms with E-state index in [0.717, 1.165) is 31.6 Å². The van der Waals surface area contributed by atoms with Gasteiger partial charge in [-0.3, -0.25) is 9.69 Å². The van der Waals surface area contributed by atoms with Crippen LogP contribution in [0.15, 0.2) is 10.6 Å². The van der Waals surface area contributed by atoms with Crippen molar-refractivity contribution in [3.8, 4) is 0 Å². The number of hydrogen-bond donors (Lipinski definition) is 0. The van der Waals surface area contributed by atoms with Gasteiger partial charge in [0.05, 0.1) is 30.5 Å². The fourth-order valence-electron chi connectivity index (χ4n) is 4.29. The molecule has 0 amide bonds. The van der Waals surface area contributed by atoms with E-state index in [0.29, 0.717) is 31.9 Å². The van der Waals surface area contributed by atoms with Gasteiger partial charge in [-0.15, -0.1) is 0 Å². The van der Waals surface area contributed by atoms with Gasteiger partial charge in [-0.1, -0.05) is 19.0 Å². The van der Waals surface area contributed by atoms with Gasteiger partial charge < -0.3 is 14.0 Å². The summed E-state index contributed by atoms with van der Waals surface area (Å²) in [6.07, 6.45) is 4.96. The molecule has 2 saturated heterocycles. The molecule has 33 heavy (non-hydrogen) atoms. The van der Waals surface area contributed by atoms with Gasteiger partial charge in [0.15, 0.2) is 12.1 Å². The Balaban J connectivity index is 1.58. The van der Waals surface area contributed by atoms with Crippen LogP contribution in [0.1, 0.15) is 64.8 Å².